The molecule has 2 heterocycles. The molecule has 0 saturated carbocycles. The average molecular weight is 232 g/mol. The van der Waals surface area contributed by atoms with Gasteiger partial charge in [-0.1, -0.05) is 6.92 Å². The molecule has 5 nitrogen and oxygen atoms in total. The maximum Gasteiger partial charge on any atom is 0.169 e. The van der Waals surface area contributed by atoms with Gasteiger partial charge < -0.3 is 10.1 Å². The Morgan fingerprint density at radius 3 is 3.06 bits per heavy atom. The Balaban J connectivity index is 1.99. The summed E-state index contributed by atoms with van der Waals surface area (Å²) in [5, 5.41) is 10.00. The van der Waals surface area contributed by atoms with Crippen LogP contribution >= 0.6 is 0 Å². The molecule has 0 radical (unpaired) electrons. The number of pyridine rings is 1. The lowest BCUT2D eigenvalue weighted by Gasteiger charge is -2.10. The van der Waals surface area contributed by atoms with Crippen molar-refractivity contribution in [3.63, 3.8) is 0 Å². The van der Waals surface area contributed by atoms with Crippen LogP contribution in [0.1, 0.15) is 19.0 Å². The van der Waals surface area contributed by atoms with Gasteiger partial charge in [-0.25, -0.2) is 4.98 Å². The predicted octanol–water partition coefficient (Wildman–Crippen LogP) is 2.21. The Morgan fingerprint density at radius 2 is 2.29 bits per heavy atom. The van der Waals surface area contributed by atoms with Crippen LogP contribution in [-0.4, -0.2) is 21.8 Å². The number of nitrogens with zero attached hydrogens (tertiary/aromatic N) is 2. The molecule has 0 amide bonds. The summed E-state index contributed by atoms with van der Waals surface area (Å²) in [5.74, 6) is 1.55. The van der Waals surface area contributed by atoms with E-state index in [0.29, 0.717) is 13.2 Å². The molecule has 2 N–H and O–H groups in total. The van der Waals surface area contributed by atoms with Crippen molar-refractivity contribution in [2.45, 2.75) is 19.9 Å². The topological polar surface area (TPSA) is 62.8 Å². The number of anilines is 1. The van der Waals surface area contributed by atoms with Crippen LogP contribution in [0.4, 0.5) is 5.82 Å². The second kappa shape index (κ2) is 5.89. The van der Waals surface area contributed by atoms with Crippen molar-refractivity contribution in [3.8, 4) is 5.75 Å². The molecular weight excluding hydrogens is 216 g/mol. The summed E-state index contributed by atoms with van der Waals surface area (Å²) in [6, 6.07) is 5.70. The lowest BCUT2D eigenvalue weighted by atomic mass is 10.4. The Kier molecular flexibility index (Phi) is 3.96. The molecule has 0 unspecified atom stereocenters. The predicted molar refractivity (Wildman–Crippen MR) is 65.9 cm³/mol. The van der Waals surface area contributed by atoms with Crippen molar-refractivity contribution >= 4 is 5.82 Å². The van der Waals surface area contributed by atoms with Gasteiger partial charge in [0.05, 0.1) is 18.8 Å². The zero-order valence-electron chi connectivity index (χ0n) is 9.81. The van der Waals surface area contributed by atoms with E-state index in [9.17, 15) is 0 Å². The molecule has 0 aliphatic heterocycles. The van der Waals surface area contributed by atoms with Crippen LogP contribution in [0.25, 0.3) is 0 Å². The average Bonchev–Trinajstić information content (AvgIpc) is 2.88. The third-order valence-electron chi connectivity index (χ3n) is 2.24. The monoisotopic (exact) mass is 232 g/mol. The van der Waals surface area contributed by atoms with Crippen molar-refractivity contribution in [3.05, 3.63) is 36.3 Å². The second-order valence-corrected chi connectivity index (χ2v) is 3.63. The molecular formula is C12H16N4O. The van der Waals surface area contributed by atoms with Crippen molar-refractivity contribution in [2.75, 3.05) is 11.9 Å². The minimum absolute atomic E-state index is 0.652. The summed E-state index contributed by atoms with van der Waals surface area (Å²) in [6.07, 6.45) is 4.45. The molecule has 2 rings (SSSR count). The van der Waals surface area contributed by atoms with Gasteiger partial charge >= 0.3 is 0 Å². The highest BCUT2D eigenvalue weighted by atomic mass is 16.5. The minimum atomic E-state index is 0.652. The third kappa shape index (κ3) is 3.21. The van der Waals surface area contributed by atoms with Crippen molar-refractivity contribution in [2.24, 2.45) is 0 Å². The van der Waals surface area contributed by atoms with Crippen LogP contribution < -0.4 is 10.1 Å². The second-order valence-electron chi connectivity index (χ2n) is 3.63. The van der Waals surface area contributed by atoms with E-state index in [1.165, 1.54) is 0 Å². The first-order valence-electron chi connectivity index (χ1n) is 5.70. The van der Waals surface area contributed by atoms with Gasteiger partial charge in [0.1, 0.15) is 0 Å². The van der Waals surface area contributed by atoms with Gasteiger partial charge in [0.15, 0.2) is 11.6 Å². The largest absolute Gasteiger partial charge is 0.490 e. The zero-order valence-corrected chi connectivity index (χ0v) is 9.81. The number of aromatic amines is 1. The molecule has 0 saturated heterocycles. The highest BCUT2D eigenvalue weighted by Crippen LogP contribution is 2.21. The van der Waals surface area contributed by atoms with E-state index >= 15 is 0 Å². The first kappa shape index (κ1) is 11.4. The molecule has 0 aliphatic rings. The fourth-order valence-electron chi connectivity index (χ4n) is 1.41. The van der Waals surface area contributed by atoms with Gasteiger partial charge in [-0.2, -0.15) is 5.10 Å². The van der Waals surface area contributed by atoms with Gasteiger partial charge in [0.2, 0.25) is 0 Å². The standard InChI is InChI=1S/C12H16N4O/c1-2-8-17-11-4-3-6-13-12(11)14-9-10-5-7-15-16-10/h3-7H,2,8-9H2,1H3,(H,13,14)(H,15,16). The van der Waals surface area contributed by atoms with E-state index in [1.807, 2.05) is 18.2 Å². The quantitative estimate of drug-likeness (QED) is 0.801. The highest BCUT2D eigenvalue weighted by Gasteiger charge is 2.03. The van der Waals surface area contributed by atoms with Crippen LogP contribution in [-0.2, 0) is 6.54 Å². The van der Waals surface area contributed by atoms with Crippen molar-refractivity contribution < 1.29 is 4.74 Å². The summed E-state index contributed by atoms with van der Waals surface area (Å²) < 4.78 is 5.61. The number of aromatic nitrogens is 3. The lowest BCUT2D eigenvalue weighted by Crippen LogP contribution is -2.05. The van der Waals surface area contributed by atoms with E-state index < -0.39 is 0 Å². The molecule has 0 atom stereocenters. The lowest BCUT2D eigenvalue weighted by molar-refractivity contribution is 0.318. The molecule has 17 heavy (non-hydrogen) atoms. The summed E-state index contributed by atoms with van der Waals surface area (Å²) >= 11 is 0. The summed E-state index contributed by atoms with van der Waals surface area (Å²) in [7, 11) is 0. The van der Waals surface area contributed by atoms with Crippen LogP contribution in [0.15, 0.2) is 30.6 Å². The van der Waals surface area contributed by atoms with Gasteiger partial charge in [0, 0.05) is 12.4 Å². The van der Waals surface area contributed by atoms with Gasteiger partial charge in [0.25, 0.3) is 0 Å². The van der Waals surface area contributed by atoms with Gasteiger partial charge in [-0.15, -0.1) is 0 Å². The summed E-state index contributed by atoms with van der Waals surface area (Å²) in [6.45, 7) is 3.43. The van der Waals surface area contributed by atoms with E-state index in [1.54, 1.807) is 12.4 Å². The maximum atomic E-state index is 5.61. The zero-order chi connectivity index (χ0) is 11.9. The third-order valence-corrected chi connectivity index (χ3v) is 2.24. The van der Waals surface area contributed by atoms with Crippen molar-refractivity contribution in [1.29, 1.82) is 0 Å². The maximum absolute atomic E-state index is 5.61. The van der Waals surface area contributed by atoms with Gasteiger partial charge in [-0.3, -0.25) is 5.10 Å². The first-order valence-corrected chi connectivity index (χ1v) is 5.70. The van der Waals surface area contributed by atoms with Gasteiger partial charge in [-0.05, 0) is 24.6 Å². The SMILES string of the molecule is CCCOc1cccnc1NCc1ccn[nH]1. The smallest absolute Gasteiger partial charge is 0.169 e. The molecule has 2 aromatic heterocycles. The molecule has 0 aliphatic carbocycles. The fraction of sp³-hybridized carbons (Fsp3) is 0.333. The molecule has 2 aromatic rings. The van der Waals surface area contributed by atoms with E-state index in [0.717, 1.165) is 23.7 Å². The number of hydrogen-bond donors (Lipinski definition) is 2. The van der Waals surface area contributed by atoms with E-state index in [4.69, 9.17) is 4.74 Å². The summed E-state index contributed by atoms with van der Waals surface area (Å²) in [4.78, 5) is 4.26. The van der Waals surface area contributed by atoms with Crippen LogP contribution in [0.3, 0.4) is 0 Å². The summed E-state index contributed by atoms with van der Waals surface area (Å²) in [5.41, 5.74) is 1.01. The molecule has 0 aromatic carbocycles. The number of hydrogen-bond acceptors (Lipinski definition) is 4. The highest BCUT2D eigenvalue weighted by molar-refractivity contribution is 5.49. The normalized spacial score (nSPS) is 10.2. The number of rotatable bonds is 6. The van der Waals surface area contributed by atoms with Crippen LogP contribution in [0.2, 0.25) is 0 Å². The molecule has 90 valence electrons. The number of ether oxygens (including phenoxy) is 1. The van der Waals surface area contributed by atoms with Crippen LogP contribution in [0, 0.1) is 0 Å². The Bertz CT molecular complexity index is 442. The molecule has 5 heteroatoms. The van der Waals surface area contributed by atoms with Crippen LogP contribution in [0.5, 0.6) is 5.75 Å². The Labute approximate surface area is 100 Å². The van der Waals surface area contributed by atoms with Crippen molar-refractivity contribution in [1.82, 2.24) is 15.2 Å². The molecule has 0 bridgehead atoms. The number of nitrogens with one attached hydrogen (secondary N) is 2. The Hall–Kier alpha value is -2.04. The molecule has 0 spiro atoms. The Morgan fingerprint density at radius 1 is 1.35 bits per heavy atom. The minimum Gasteiger partial charge on any atom is -0.490 e. The van der Waals surface area contributed by atoms with E-state index in [-0.39, 0.29) is 0 Å². The first-order chi connectivity index (χ1) is 8.40. The molecule has 0 fully saturated rings. The number of H-pyrrole nitrogens is 1. The fourth-order valence-corrected chi connectivity index (χ4v) is 1.41. The van der Waals surface area contributed by atoms with E-state index in [2.05, 4.69) is 27.4 Å².